The van der Waals surface area contributed by atoms with E-state index in [9.17, 15) is 0 Å². The molecular weight excluding hydrogens is 701 g/mol. The monoisotopic (exact) mass is 738 g/mol. The molecule has 0 aliphatic rings. The molecule has 0 spiro atoms. The number of fused-ring (bicyclic) bond motifs is 5. The first kappa shape index (κ1) is 33.6. The van der Waals surface area contributed by atoms with E-state index in [0.29, 0.717) is 0 Å². The maximum absolute atomic E-state index is 2.51. The van der Waals surface area contributed by atoms with Gasteiger partial charge in [-0.2, -0.15) is 0 Å². The van der Waals surface area contributed by atoms with Crippen molar-refractivity contribution in [3.8, 4) is 39.1 Å². The van der Waals surface area contributed by atoms with Gasteiger partial charge in [0.25, 0.3) is 0 Å². The van der Waals surface area contributed by atoms with Crippen LogP contribution >= 0.6 is 0 Å². The van der Waals surface area contributed by atoms with Gasteiger partial charge in [0.05, 0.1) is 33.8 Å². The summed E-state index contributed by atoms with van der Waals surface area (Å²) in [6.45, 7) is 0. The second-order valence-electron chi connectivity index (χ2n) is 14.8. The molecule has 0 amide bonds. The highest BCUT2D eigenvalue weighted by Gasteiger charge is 2.26. The van der Waals surface area contributed by atoms with Crippen LogP contribution in [0.2, 0.25) is 0 Å². The van der Waals surface area contributed by atoms with Crippen LogP contribution in [0.3, 0.4) is 0 Å². The first-order chi connectivity index (χ1) is 28.8. The van der Waals surface area contributed by atoms with Gasteiger partial charge in [-0.15, -0.1) is 0 Å². The smallest absolute Gasteiger partial charge is 0.0562 e. The predicted octanol–water partition coefficient (Wildman–Crippen LogP) is 15.6. The zero-order valence-corrected chi connectivity index (χ0v) is 31.8. The summed E-state index contributed by atoms with van der Waals surface area (Å²) >= 11 is 0. The van der Waals surface area contributed by atoms with Crippen LogP contribution in [-0.2, 0) is 0 Å². The summed E-state index contributed by atoms with van der Waals surface area (Å²) in [5, 5.41) is 7.33. The number of hydrogen-bond acceptors (Lipinski definition) is 1. The van der Waals surface area contributed by atoms with Crippen LogP contribution in [0.1, 0.15) is 0 Å². The Bertz CT molecular complexity index is 3290. The molecule has 58 heavy (non-hydrogen) atoms. The summed E-state index contributed by atoms with van der Waals surface area (Å²) in [5.74, 6) is 0. The quantitative estimate of drug-likeness (QED) is 0.158. The van der Waals surface area contributed by atoms with Gasteiger partial charge in [-0.25, -0.2) is 0 Å². The molecule has 0 N–H and O–H groups in total. The first-order valence-corrected chi connectivity index (χ1v) is 19.9. The van der Waals surface area contributed by atoms with Gasteiger partial charge in [-0.3, -0.25) is 0 Å². The Balaban J connectivity index is 1.23. The van der Waals surface area contributed by atoms with Gasteiger partial charge in [-0.1, -0.05) is 194 Å². The molecule has 0 aliphatic heterocycles. The maximum atomic E-state index is 2.51. The lowest BCUT2D eigenvalue weighted by atomic mass is 9.95. The lowest BCUT2D eigenvalue weighted by molar-refractivity contribution is 1.18. The molecule has 2 heteroatoms. The van der Waals surface area contributed by atoms with E-state index in [1.807, 2.05) is 0 Å². The van der Waals surface area contributed by atoms with Crippen molar-refractivity contribution >= 4 is 60.4 Å². The Hall–Kier alpha value is -7.68. The lowest BCUT2D eigenvalue weighted by Gasteiger charge is -2.31. The topological polar surface area (TPSA) is 8.17 Å². The number of rotatable bonds is 7. The van der Waals surface area contributed by atoms with E-state index in [0.717, 1.165) is 39.3 Å². The zero-order chi connectivity index (χ0) is 38.4. The highest BCUT2D eigenvalue weighted by Crippen LogP contribution is 2.50. The molecule has 0 unspecified atom stereocenters. The van der Waals surface area contributed by atoms with Gasteiger partial charge < -0.3 is 9.47 Å². The van der Waals surface area contributed by atoms with E-state index in [1.54, 1.807) is 0 Å². The summed E-state index contributed by atoms with van der Waals surface area (Å²) in [6, 6.07) is 83.8. The first-order valence-electron chi connectivity index (χ1n) is 19.9. The van der Waals surface area contributed by atoms with Gasteiger partial charge in [-0.05, 0) is 74.6 Å². The second-order valence-corrected chi connectivity index (χ2v) is 14.8. The maximum Gasteiger partial charge on any atom is 0.0562 e. The van der Waals surface area contributed by atoms with Crippen molar-refractivity contribution in [3.63, 3.8) is 0 Å². The van der Waals surface area contributed by atoms with Crippen LogP contribution in [0, 0.1) is 0 Å². The standard InChI is InChI=1S/C56H38N2/c1-2-19-41(20-3-1)44-27-8-12-33-50(44)57(51-34-13-9-28-47(51)45-31-16-23-39-21-4-6-25-42(39)45)54-37-18-38-55-56(54)49-30-11-15-36-53(49)58(55)52-35-14-10-29-48(52)46-32-17-24-40-22-5-7-26-43(40)46/h1-38H. The van der Waals surface area contributed by atoms with Crippen molar-refractivity contribution in [3.05, 3.63) is 231 Å². The Kier molecular flexibility index (Phi) is 8.19. The number of aromatic nitrogens is 1. The van der Waals surface area contributed by atoms with E-state index in [1.165, 1.54) is 60.1 Å². The molecule has 1 heterocycles. The number of hydrogen-bond donors (Lipinski definition) is 0. The van der Waals surface area contributed by atoms with Crippen LogP contribution in [0.4, 0.5) is 17.1 Å². The van der Waals surface area contributed by atoms with Crippen LogP contribution in [0.5, 0.6) is 0 Å². The number of nitrogens with zero attached hydrogens (tertiary/aromatic N) is 2. The highest BCUT2D eigenvalue weighted by molar-refractivity contribution is 6.18. The fourth-order valence-corrected chi connectivity index (χ4v) is 9.08. The zero-order valence-electron chi connectivity index (χ0n) is 31.8. The van der Waals surface area contributed by atoms with Crippen molar-refractivity contribution in [1.82, 2.24) is 4.57 Å². The predicted molar refractivity (Wildman–Crippen MR) is 247 cm³/mol. The third-order valence-electron chi connectivity index (χ3n) is 11.6. The van der Waals surface area contributed by atoms with Crippen molar-refractivity contribution in [2.45, 2.75) is 0 Å². The van der Waals surface area contributed by atoms with Crippen LogP contribution in [0.25, 0.3) is 82.4 Å². The molecule has 0 aliphatic carbocycles. The Labute approximate surface area is 338 Å². The molecule has 272 valence electrons. The van der Waals surface area contributed by atoms with Crippen molar-refractivity contribution < 1.29 is 0 Å². The minimum atomic E-state index is 1.11. The van der Waals surface area contributed by atoms with Gasteiger partial charge in [0.2, 0.25) is 0 Å². The largest absolute Gasteiger partial charge is 0.309 e. The Morgan fingerprint density at radius 2 is 0.724 bits per heavy atom. The minimum Gasteiger partial charge on any atom is -0.309 e. The number of benzene rings is 10. The molecule has 10 aromatic carbocycles. The lowest BCUT2D eigenvalue weighted by Crippen LogP contribution is -2.13. The SMILES string of the molecule is c1ccc(-c2ccccc2N(c2ccccc2-c2cccc3ccccc23)c2cccc3c2c2ccccc2n3-c2ccccc2-c2cccc3ccccc23)cc1. The van der Waals surface area contributed by atoms with Gasteiger partial charge >= 0.3 is 0 Å². The molecule has 0 fully saturated rings. The molecule has 0 saturated heterocycles. The van der Waals surface area contributed by atoms with E-state index in [4.69, 9.17) is 0 Å². The van der Waals surface area contributed by atoms with Crippen LogP contribution in [0.15, 0.2) is 231 Å². The van der Waals surface area contributed by atoms with E-state index >= 15 is 0 Å². The van der Waals surface area contributed by atoms with E-state index in [-0.39, 0.29) is 0 Å². The Morgan fingerprint density at radius 3 is 1.45 bits per heavy atom. The average molecular weight is 739 g/mol. The Morgan fingerprint density at radius 1 is 0.276 bits per heavy atom. The van der Waals surface area contributed by atoms with Crippen molar-refractivity contribution in [2.75, 3.05) is 4.90 Å². The van der Waals surface area contributed by atoms with Gasteiger partial charge in [0.1, 0.15) is 0 Å². The average Bonchev–Trinajstić information content (AvgIpc) is 3.64. The van der Waals surface area contributed by atoms with Gasteiger partial charge in [0.15, 0.2) is 0 Å². The molecule has 2 nitrogen and oxygen atoms in total. The molecule has 0 radical (unpaired) electrons. The highest BCUT2D eigenvalue weighted by atomic mass is 15.2. The van der Waals surface area contributed by atoms with E-state index in [2.05, 4.69) is 240 Å². The summed E-state index contributed by atoms with van der Waals surface area (Å²) < 4.78 is 2.48. The summed E-state index contributed by atoms with van der Waals surface area (Å²) in [6.07, 6.45) is 0. The van der Waals surface area contributed by atoms with Crippen molar-refractivity contribution in [2.24, 2.45) is 0 Å². The fourth-order valence-electron chi connectivity index (χ4n) is 9.08. The molecule has 0 saturated carbocycles. The van der Waals surface area contributed by atoms with E-state index < -0.39 is 0 Å². The fraction of sp³-hybridized carbons (Fsp3) is 0. The number of para-hydroxylation sites is 4. The third-order valence-corrected chi connectivity index (χ3v) is 11.6. The van der Waals surface area contributed by atoms with Crippen molar-refractivity contribution in [1.29, 1.82) is 0 Å². The summed E-state index contributed by atoms with van der Waals surface area (Å²) in [5.41, 5.74) is 13.9. The molecule has 11 aromatic rings. The molecule has 1 aromatic heterocycles. The molecular formula is C56H38N2. The summed E-state index contributed by atoms with van der Waals surface area (Å²) in [4.78, 5) is 2.51. The van der Waals surface area contributed by atoms with Gasteiger partial charge in [0, 0.05) is 27.5 Å². The van der Waals surface area contributed by atoms with Crippen LogP contribution < -0.4 is 4.90 Å². The third kappa shape index (κ3) is 5.50. The normalized spacial score (nSPS) is 11.4. The number of anilines is 3. The second kappa shape index (κ2) is 14.1. The minimum absolute atomic E-state index is 1.11. The molecule has 0 bridgehead atoms. The van der Waals surface area contributed by atoms with Crippen LogP contribution in [-0.4, -0.2) is 4.57 Å². The molecule has 11 rings (SSSR count). The molecule has 0 atom stereocenters. The summed E-state index contributed by atoms with van der Waals surface area (Å²) in [7, 11) is 0.